The Bertz CT molecular complexity index is 1330. The maximum Gasteiger partial charge on any atom is 0.142 e. The molecule has 0 saturated carbocycles. The van der Waals surface area contributed by atoms with Crippen molar-refractivity contribution >= 4 is 61.1 Å². The van der Waals surface area contributed by atoms with Gasteiger partial charge in [0, 0.05) is 34.1 Å². The van der Waals surface area contributed by atoms with E-state index in [0.29, 0.717) is 45.4 Å². The standard InChI is InChI=1S/C22H21BrFN5O2S/c23-13-9-12-14(24)7-10(8-16(12)28-20(13)26)1-2-17-18(30)19(31)22(32-17)29-6-4-11-15(25)3-5-27-21(11)29/h3-9,17-19,22,30-31H,1-2H2,(H2,25,27)(H2,26,28)/t17-,18-,19-,22-/m1/s1. The van der Waals surface area contributed by atoms with Gasteiger partial charge in [0.15, 0.2) is 0 Å². The van der Waals surface area contributed by atoms with Crippen molar-refractivity contribution in [3.63, 3.8) is 0 Å². The Labute approximate surface area is 195 Å². The van der Waals surface area contributed by atoms with E-state index in [-0.39, 0.29) is 11.1 Å². The molecule has 1 aliphatic rings. The van der Waals surface area contributed by atoms with Crippen LogP contribution in [-0.4, -0.2) is 42.2 Å². The number of aliphatic hydroxyl groups excluding tert-OH is 2. The Morgan fingerprint density at radius 3 is 2.75 bits per heavy atom. The molecule has 0 radical (unpaired) electrons. The number of fused-ring (bicyclic) bond motifs is 2. The minimum Gasteiger partial charge on any atom is -0.398 e. The summed E-state index contributed by atoms with van der Waals surface area (Å²) in [5.41, 5.74) is 14.4. The van der Waals surface area contributed by atoms with E-state index in [1.165, 1.54) is 17.8 Å². The van der Waals surface area contributed by atoms with E-state index in [4.69, 9.17) is 11.5 Å². The molecule has 0 bridgehead atoms. The number of rotatable bonds is 4. The lowest BCUT2D eigenvalue weighted by atomic mass is 10.0. The molecule has 1 saturated heterocycles. The van der Waals surface area contributed by atoms with Crippen LogP contribution in [0.25, 0.3) is 21.9 Å². The van der Waals surface area contributed by atoms with E-state index in [9.17, 15) is 14.6 Å². The highest BCUT2D eigenvalue weighted by Gasteiger charge is 2.43. The van der Waals surface area contributed by atoms with E-state index < -0.39 is 17.6 Å². The number of nitrogens with zero attached hydrogens (tertiary/aromatic N) is 3. The fourth-order valence-electron chi connectivity index (χ4n) is 4.21. The van der Waals surface area contributed by atoms with Gasteiger partial charge in [-0.2, -0.15) is 0 Å². The van der Waals surface area contributed by atoms with Crippen LogP contribution in [0.4, 0.5) is 15.9 Å². The van der Waals surface area contributed by atoms with E-state index in [1.807, 2.05) is 22.9 Å². The van der Waals surface area contributed by atoms with Crippen LogP contribution in [0.1, 0.15) is 17.4 Å². The summed E-state index contributed by atoms with van der Waals surface area (Å²) < 4.78 is 17.0. The average Bonchev–Trinajstić information content (AvgIpc) is 3.31. The van der Waals surface area contributed by atoms with Gasteiger partial charge < -0.3 is 26.2 Å². The van der Waals surface area contributed by atoms with Gasteiger partial charge in [-0.05, 0) is 64.7 Å². The van der Waals surface area contributed by atoms with Crippen LogP contribution in [0.2, 0.25) is 0 Å². The van der Waals surface area contributed by atoms with Crippen molar-refractivity contribution in [1.29, 1.82) is 0 Å². The van der Waals surface area contributed by atoms with Gasteiger partial charge in [-0.15, -0.1) is 11.8 Å². The third kappa shape index (κ3) is 3.61. The second-order valence-electron chi connectivity index (χ2n) is 7.95. The van der Waals surface area contributed by atoms with Crippen LogP contribution in [-0.2, 0) is 6.42 Å². The van der Waals surface area contributed by atoms with Crippen LogP contribution in [0.5, 0.6) is 0 Å². The van der Waals surface area contributed by atoms with Crippen molar-refractivity contribution in [1.82, 2.24) is 14.5 Å². The molecule has 3 aromatic heterocycles. The lowest BCUT2D eigenvalue weighted by molar-refractivity contribution is 0.0176. The van der Waals surface area contributed by atoms with Crippen molar-refractivity contribution in [2.75, 3.05) is 11.5 Å². The maximum absolute atomic E-state index is 14.6. The predicted molar refractivity (Wildman–Crippen MR) is 129 cm³/mol. The van der Waals surface area contributed by atoms with Crippen LogP contribution < -0.4 is 11.5 Å². The molecule has 32 heavy (non-hydrogen) atoms. The summed E-state index contributed by atoms with van der Waals surface area (Å²) >= 11 is 4.76. The molecule has 5 rings (SSSR count). The molecule has 4 heterocycles. The Morgan fingerprint density at radius 1 is 1.12 bits per heavy atom. The number of aliphatic hydroxyl groups is 2. The third-order valence-electron chi connectivity index (χ3n) is 5.90. The molecule has 4 atom stereocenters. The number of halogens is 2. The van der Waals surface area contributed by atoms with Gasteiger partial charge in [-0.25, -0.2) is 14.4 Å². The molecule has 0 amide bonds. The van der Waals surface area contributed by atoms with Crippen molar-refractivity contribution in [2.24, 2.45) is 0 Å². The molecular weight excluding hydrogens is 497 g/mol. The number of pyridine rings is 2. The van der Waals surface area contributed by atoms with Crippen LogP contribution in [0.3, 0.4) is 0 Å². The van der Waals surface area contributed by atoms with Crippen LogP contribution in [0, 0.1) is 5.82 Å². The zero-order valence-corrected chi connectivity index (χ0v) is 19.2. The first-order chi connectivity index (χ1) is 15.3. The number of thioether (sulfide) groups is 1. The number of hydrogen-bond acceptors (Lipinski definition) is 7. The molecule has 0 spiro atoms. The molecule has 1 aromatic carbocycles. The maximum atomic E-state index is 14.6. The number of aromatic nitrogens is 3. The zero-order valence-electron chi connectivity index (χ0n) is 16.8. The average molecular weight is 518 g/mol. The smallest absolute Gasteiger partial charge is 0.142 e. The summed E-state index contributed by atoms with van der Waals surface area (Å²) in [7, 11) is 0. The van der Waals surface area contributed by atoms with Crippen molar-refractivity contribution < 1.29 is 14.6 Å². The molecule has 10 heteroatoms. The van der Waals surface area contributed by atoms with Gasteiger partial charge in [0.2, 0.25) is 0 Å². The lowest BCUT2D eigenvalue weighted by Gasteiger charge is -2.17. The quantitative estimate of drug-likeness (QED) is 0.326. The summed E-state index contributed by atoms with van der Waals surface area (Å²) in [4.78, 5) is 8.65. The summed E-state index contributed by atoms with van der Waals surface area (Å²) in [6, 6.07) is 8.51. The predicted octanol–water partition coefficient (Wildman–Crippen LogP) is 3.62. The highest BCUT2D eigenvalue weighted by Crippen LogP contribution is 2.45. The normalized spacial score (nSPS) is 23.4. The minimum absolute atomic E-state index is 0.227. The van der Waals surface area contributed by atoms with Gasteiger partial charge in [-0.1, -0.05) is 0 Å². The number of hydrogen-bond donors (Lipinski definition) is 4. The number of nitrogens with two attached hydrogens (primary N) is 2. The Morgan fingerprint density at radius 2 is 1.94 bits per heavy atom. The molecule has 7 nitrogen and oxygen atoms in total. The fourth-order valence-corrected chi connectivity index (χ4v) is 6.09. The van der Waals surface area contributed by atoms with Gasteiger partial charge in [-0.3, -0.25) is 0 Å². The first kappa shape index (κ1) is 21.4. The Kier molecular flexibility index (Phi) is 5.48. The van der Waals surface area contributed by atoms with Crippen LogP contribution in [0.15, 0.2) is 47.2 Å². The topological polar surface area (TPSA) is 123 Å². The molecule has 1 aliphatic heterocycles. The molecule has 1 fully saturated rings. The summed E-state index contributed by atoms with van der Waals surface area (Å²) in [5, 5.41) is 22.0. The van der Waals surface area contributed by atoms with Gasteiger partial charge in [0.25, 0.3) is 0 Å². The molecule has 0 aliphatic carbocycles. The molecule has 0 unspecified atom stereocenters. The number of benzene rings is 1. The SMILES string of the molecule is Nc1nc2cc(CC[C@H]3S[C@@H](n4ccc5c(N)ccnc54)[C@H](O)[C@@H]3O)cc(F)c2cc1Br. The van der Waals surface area contributed by atoms with Gasteiger partial charge >= 0.3 is 0 Å². The lowest BCUT2D eigenvalue weighted by Crippen LogP contribution is -2.31. The summed E-state index contributed by atoms with van der Waals surface area (Å²) in [5.74, 6) is -0.0688. The Hall–Kier alpha value is -2.40. The van der Waals surface area contributed by atoms with Crippen molar-refractivity contribution in [3.05, 3.63) is 58.6 Å². The zero-order chi connectivity index (χ0) is 22.6. The number of nitrogen functional groups attached to an aromatic ring is 2. The fraction of sp³-hybridized carbons (Fsp3) is 0.273. The minimum atomic E-state index is -0.962. The number of anilines is 2. The molecule has 166 valence electrons. The molecule has 6 N–H and O–H groups in total. The van der Waals surface area contributed by atoms with E-state index in [1.54, 1.807) is 18.3 Å². The first-order valence-electron chi connectivity index (χ1n) is 10.1. The van der Waals surface area contributed by atoms with E-state index >= 15 is 0 Å². The monoisotopic (exact) mass is 517 g/mol. The number of aryl methyl sites for hydroxylation is 1. The largest absolute Gasteiger partial charge is 0.398 e. The first-order valence-corrected chi connectivity index (χ1v) is 11.8. The summed E-state index contributed by atoms with van der Waals surface area (Å²) in [6.45, 7) is 0. The van der Waals surface area contributed by atoms with Gasteiger partial charge in [0.05, 0.1) is 16.1 Å². The highest BCUT2D eigenvalue weighted by atomic mass is 79.9. The second kappa shape index (κ2) is 8.18. The Balaban J connectivity index is 1.36. The van der Waals surface area contributed by atoms with Crippen molar-refractivity contribution in [2.45, 2.75) is 35.7 Å². The van der Waals surface area contributed by atoms with Crippen molar-refractivity contribution in [3.8, 4) is 0 Å². The van der Waals surface area contributed by atoms with E-state index in [0.717, 1.165) is 10.9 Å². The highest BCUT2D eigenvalue weighted by molar-refractivity contribution is 9.10. The molecular formula is C22H21BrFN5O2S. The third-order valence-corrected chi connectivity index (χ3v) is 8.19. The van der Waals surface area contributed by atoms with E-state index in [2.05, 4.69) is 25.9 Å². The van der Waals surface area contributed by atoms with Crippen LogP contribution >= 0.6 is 27.7 Å². The second-order valence-corrected chi connectivity index (χ2v) is 10.2. The molecule has 4 aromatic rings. The van der Waals surface area contributed by atoms with Gasteiger partial charge in [0.1, 0.15) is 28.8 Å². The summed E-state index contributed by atoms with van der Waals surface area (Å²) in [6.07, 6.45) is 2.66.